The van der Waals surface area contributed by atoms with Crippen molar-refractivity contribution in [3.63, 3.8) is 0 Å². The molecule has 0 bridgehead atoms. The Morgan fingerprint density at radius 2 is 1.79 bits per heavy atom. The highest BCUT2D eigenvalue weighted by molar-refractivity contribution is 5.88. The molecular weight excluding hydrogens is 358 g/mol. The third-order valence-corrected chi connectivity index (χ3v) is 5.47. The molecule has 0 aliphatic carbocycles. The summed E-state index contributed by atoms with van der Waals surface area (Å²) in [6, 6.07) is 14.5. The van der Waals surface area contributed by atoms with Gasteiger partial charge < -0.3 is 19.5 Å². The number of carboxylic acid groups (broad SMARTS) is 1. The predicted molar refractivity (Wildman–Crippen MR) is 102 cm³/mol. The summed E-state index contributed by atoms with van der Waals surface area (Å²) in [5.74, 6) is -0.413. The average molecular weight is 381 g/mol. The van der Waals surface area contributed by atoms with E-state index in [0.29, 0.717) is 25.5 Å². The molecule has 1 atom stereocenters. The van der Waals surface area contributed by atoms with Crippen molar-refractivity contribution in [2.75, 3.05) is 19.8 Å². The third-order valence-electron chi connectivity index (χ3n) is 5.47. The third kappa shape index (κ3) is 3.73. The summed E-state index contributed by atoms with van der Waals surface area (Å²) < 4.78 is 11.4. The van der Waals surface area contributed by atoms with Gasteiger partial charge in [0.2, 0.25) is 5.91 Å². The number of carbonyl (C=O) groups is 2. The van der Waals surface area contributed by atoms with Gasteiger partial charge in [-0.05, 0) is 30.5 Å². The van der Waals surface area contributed by atoms with Crippen molar-refractivity contribution in [3.05, 3.63) is 65.2 Å². The second-order valence-corrected chi connectivity index (χ2v) is 7.22. The number of aromatic carboxylic acids is 1. The Kier molecular flexibility index (Phi) is 5.30. The van der Waals surface area contributed by atoms with E-state index in [9.17, 15) is 14.7 Å². The van der Waals surface area contributed by atoms with Crippen molar-refractivity contribution >= 4 is 11.9 Å². The summed E-state index contributed by atoms with van der Waals surface area (Å²) >= 11 is 0. The molecule has 0 saturated carbocycles. The Hall–Kier alpha value is -2.86. The fraction of sp³-hybridized carbons (Fsp3) is 0.364. The maximum atomic E-state index is 13.4. The smallest absolute Gasteiger partial charge is 0.335 e. The molecule has 0 aromatic heterocycles. The van der Waals surface area contributed by atoms with Gasteiger partial charge in [-0.2, -0.15) is 0 Å². The predicted octanol–water partition coefficient (Wildman–Crippen LogP) is 3.27. The normalized spacial score (nSPS) is 20.0. The SMILES string of the molecule is O=C(O)c1ccc2c(c1)OCC(c1ccccc1)N(C(=O)C1CCOCC1)C2. The van der Waals surface area contributed by atoms with Crippen molar-refractivity contribution in [3.8, 4) is 5.75 Å². The van der Waals surface area contributed by atoms with Crippen LogP contribution in [0.1, 0.15) is 40.4 Å². The van der Waals surface area contributed by atoms with Gasteiger partial charge in [0.05, 0.1) is 18.2 Å². The summed E-state index contributed by atoms with van der Waals surface area (Å²) in [6.07, 6.45) is 1.45. The molecule has 2 aromatic carbocycles. The van der Waals surface area contributed by atoms with Gasteiger partial charge in [0.15, 0.2) is 0 Å². The van der Waals surface area contributed by atoms with Gasteiger partial charge in [0.1, 0.15) is 12.4 Å². The van der Waals surface area contributed by atoms with E-state index in [1.165, 1.54) is 0 Å². The molecule has 0 radical (unpaired) electrons. The minimum atomic E-state index is -0.995. The standard InChI is InChI=1S/C22H23NO5/c24-21(16-8-10-27-11-9-16)23-13-18-7-6-17(22(25)26)12-20(18)28-14-19(23)15-4-2-1-3-5-15/h1-7,12,16,19H,8-11,13-14H2,(H,25,26). The van der Waals surface area contributed by atoms with Crippen molar-refractivity contribution < 1.29 is 24.2 Å². The fourth-order valence-corrected chi connectivity index (χ4v) is 3.87. The zero-order chi connectivity index (χ0) is 19.5. The lowest BCUT2D eigenvalue weighted by molar-refractivity contribution is -0.142. The van der Waals surface area contributed by atoms with Gasteiger partial charge in [-0.3, -0.25) is 4.79 Å². The number of rotatable bonds is 3. The molecule has 2 aliphatic heterocycles. The summed E-state index contributed by atoms with van der Waals surface area (Å²) in [5, 5.41) is 9.27. The van der Waals surface area contributed by atoms with Crippen LogP contribution < -0.4 is 4.74 Å². The molecule has 28 heavy (non-hydrogen) atoms. The van der Waals surface area contributed by atoms with Crippen molar-refractivity contribution in [2.24, 2.45) is 5.92 Å². The van der Waals surface area contributed by atoms with Crippen LogP contribution in [-0.2, 0) is 16.1 Å². The Balaban J connectivity index is 1.69. The van der Waals surface area contributed by atoms with Gasteiger partial charge in [-0.15, -0.1) is 0 Å². The van der Waals surface area contributed by atoms with Crippen LogP contribution >= 0.6 is 0 Å². The minimum absolute atomic E-state index is 0.0557. The largest absolute Gasteiger partial charge is 0.491 e. The lowest BCUT2D eigenvalue weighted by Crippen LogP contribution is -2.41. The Morgan fingerprint density at radius 3 is 2.50 bits per heavy atom. The minimum Gasteiger partial charge on any atom is -0.491 e. The molecule has 1 amide bonds. The number of nitrogens with zero attached hydrogens (tertiary/aromatic N) is 1. The number of benzene rings is 2. The van der Waals surface area contributed by atoms with E-state index in [4.69, 9.17) is 9.47 Å². The topological polar surface area (TPSA) is 76.1 Å². The van der Waals surface area contributed by atoms with Crippen LogP contribution in [0.3, 0.4) is 0 Å². The van der Waals surface area contributed by atoms with Gasteiger partial charge in [0.25, 0.3) is 0 Å². The maximum Gasteiger partial charge on any atom is 0.335 e. The monoisotopic (exact) mass is 381 g/mol. The molecule has 1 unspecified atom stereocenters. The molecule has 6 heteroatoms. The first-order valence-corrected chi connectivity index (χ1v) is 9.55. The van der Waals surface area contributed by atoms with Gasteiger partial charge in [-0.1, -0.05) is 36.4 Å². The van der Waals surface area contributed by atoms with Crippen LogP contribution in [0, 0.1) is 5.92 Å². The second kappa shape index (κ2) is 8.02. The molecule has 6 nitrogen and oxygen atoms in total. The summed E-state index contributed by atoms with van der Waals surface area (Å²) in [4.78, 5) is 26.6. The zero-order valence-corrected chi connectivity index (χ0v) is 15.5. The van der Waals surface area contributed by atoms with E-state index in [0.717, 1.165) is 24.0 Å². The fourth-order valence-electron chi connectivity index (χ4n) is 3.87. The molecule has 0 spiro atoms. The molecule has 1 saturated heterocycles. The number of amides is 1. The lowest BCUT2D eigenvalue weighted by Gasteiger charge is -2.34. The van der Waals surface area contributed by atoms with E-state index in [1.807, 2.05) is 35.2 Å². The van der Waals surface area contributed by atoms with E-state index < -0.39 is 5.97 Å². The number of carboxylic acids is 1. The molecule has 2 aromatic rings. The number of hydrogen-bond acceptors (Lipinski definition) is 4. The number of ether oxygens (including phenoxy) is 2. The lowest BCUT2D eigenvalue weighted by atomic mass is 9.96. The van der Waals surface area contributed by atoms with Crippen LogP contribution in [0.15, 0.2) is 48.5 Å². The molecule has 4 rings (SSSR count). The quantitative estimate of drug-likeness (QED) is 0.883. The van der Waals surface area contributed by atoms with Crippen molar-refractivity contribution in [1.82, 2.24) is 4.90 Å². The zero-order valence-electron chi connectivity index (χ0n) is 15.5. The van der Waals surface area contributed by atoms with Crippen LogP contribution in [-0.4, -0.2) is 41.7 Å². The van der Waals surface area contributed by atoms with Crippen molar-refractivity contribution in [2.45, 2.75) is 25.4 Å². The summed E-state index contributed by atoms with van der Waals surface area (Å²) in [6.45, 7) is 1.89. The molecule has 146 valence electrons. The Bertz CT molecular complexity index is 860. The van der Waals surface area contributed by atoms with E-state index in [1.54, 1.807) is 18.2 Å². The number of carbonyl (C=O) groups excluding carboxylic acids is 1. The Labute approximate surface area is 163 Å². The molecule has 1 fully saturated rings. The van der Waals surface area contributed by atoms with Gasteiger partial charge in [0, 0.05) is 24.7 Å². The summed E-state index contributed by atoms with van der Waals surface area (Å²) in [7, 11) is 0. The van der Waals surface area contributed by atoms with Gasteiger partial charge in [-0.25, -0.2) is 4.79 Å². The first kappa shape index (κ1) is 18.5. The van der Waals surface area contributed by atoms with E-state index in [2.05, 4.69) is 0 Å². The van der Waals surface area contributed by atoms with E-state index in [-0.39, 0.29) is 30.0 Å². The van der Waals surface area contributed by atoms with Gasteiger partial charge >= 0.3 is 5.97 Å². The highest BCUT2D eigenvalue weighted by atomic mass is 16.5. The molecule has 1 N–H and O–H groups in total. The van der Waals surface area contributed by atoms with E-state index >= 15 is 0 Å². The first-order valence-electron chi connectivity index (χ1n) is 9.55. The average Bonchev–Trinajstić information content (AvgIpc) is 2.93. The van der Waals surface area contributed by atoms with Crippen LogP contribution in [0.25, 0.3) is 0 Å². The number of fused-ring (bicyclic) bond motifs is 1. The van der Waals surface area contributed by atoms with Crippen LogP contribution in [0.5, 0.6) is 5.75 Å². The molecule has 2 heterocycles. The maximum absolute atomic E-state index is 13.4. The van der Waals surface area contributed by atoms with Crippen molar-refractivity contribution in [1.29, 1.82) is 0 Å². The number of hydrogen-bond donors (Lipinski definition) is 1. The first-order chi connectivity index (χ1) is 13.6. The van der Waals surface area contributed by atoms with Crippen LogP contribution in [0.2, 0.25) is 0 Å². The summed E-state index contributed by atoms with van der Waals surface area (Å²) in [5.41, 5.74) is 2.01. The Morgan fingerprint density at radius 1 is 1.04 bits per heavy atom. The van der Waals surface area contributed by atoms with Crippen LogP contribution in [0.4, 0.5) is 0 Å². The molecular formula is C22H23NO5. The highest BCUT2D eigenvalue weighted by Gasteiger charge is 2.34. The molecule has 2 aliphatic rings. The highest BCUT2D eigenvalue weighted by Crippen LogP contribution is 2.34. The second-order valence-electron chi connectivity index (χ2n) is 7.22.